The van der Waals surface area contributed by atoms with Crippen LogP contribution < -0.4 is 5.73 Å². The molecule has 0 aromatic rings. The Balaban J connectivity index is 3.73. The fourth-order valence-electron chi connectivity index (χ4n) is 12.4. The molecule has 0 amide bonds. The van der Waals surface area contributed by atoms with E-state index in [1.807, 2.05) is 0 Å². The van der Waals surface area contributed by atoms with Crippen LogP contribution in [0.2, 0.25) is 0 Å². The van der Waals surface area contributed by atoms with E-state index in [2.05, 4.69) is 38.2 Å². The van der Waals surface area contributed by atoms with Crippen LogP contribution >= 0.6 is 7.82 Å². The average Bonchev–Trinajstić information content (AvgIpc) is 3.68. The summed E-state index contributed by atoms with van der Waals surface area (Å²) in [5.41, 5.74) is 5.41. The summed E-state index contributed by atoms with van der Waals surface area (Å²) >= 11 is 0. The predicted octanol–water partition coefficient (Wildman–Crippen LogP) is 26.4. The number of rotatable bonds is 77. The molecule has 0 aliphatic carbocycles. The number of nitrogens with two attached hydrogens (primary N) is 1. The van der Waals surface area contributed by atoms with E-state index in [0.29, 0.717) is 6.42 Å². The number of esters is 2. The van der Waals surface area contributed by atoms with Gasteiger partial charge in [0, 0.05) is 19.4 Å². The SMILES string of the molecule is CCCCCCC/C=C\C/C=C\CCCCCCCCCCCCCCCCCCCC(=O)OC(COC(=O)CCCCCCCCCCCCCCCCCCCCCCCCCCCCCCCCCCCCCCCCC)COP(=O)(O)OCCN. The van der Waals surface area contributed by atoms with E-state index in [1.165, 1.54) is 366 Å². The molecule has 10 heteroatoms. The fourth-order valence-corrected chi connectivity index (χ4v) is 13.2. The first-order valence-corrected chi connectivity index (χ1v) is 41.3. The number of unbranched alkanes of at least 4 members (excludes halogenated alkanes) is 60. The molecule has 0 radical (unpaired) electrons. The molecule has 0 heterocycles. The lowest BCUT2D eigenvalue weighted by molar-refractivity contribution is -0.161. The van der Waals surface area contributed by atoms with E-state index in [-0.39, 0.29) is 38.6 Å². The predicted molar refractivity (Wildman–Crippen MR) is 386 cm³/mol. The second-order valence-corrected chi connectivity index (χ2v) is 28.8. The van der Waals surface area contributed by atoms with Crippen LogP contribution in [0.15, 0.2) is 24.3 Å². The monoisotopic (exact) mass is 1280 g/mol. The summed E-state index contributed by atoms with van der Waals surface area (Å²) in [6.07, 6.45) is 94.7. The molecule has 9 nitrogen and oxygen atoms in total. The number of carbonyl (C=O) groups is 2. The van der Waals surface area contributed by atoms with E-state index in [0.717, 1.165) is 38.5 Å². The van der Waals surface area contributed by atoms with Crippen LogP contribution in [0.4, 0.5) is 0 Å². The second-order valence-electron chi connectivity index (χ2n) is 27.3. The molecule has 2 atom stereocenters. The molecule has 0 aromatic carbocycles. The lowest BCUT2D eigenvalue weighted by atomic mass is 10.0. The number of ether oxygens (including phenoxy) is 2. The zero-order chi connectivity index (χ0) is 64.4. The maximum atomic E-state index is 12.8. The van der Waals surface area contributed by atoms with Gasteiger partial charge in [0.05, 0.1) is 13.2 Å². The van der Waals surface area contributed by atoms with E-state index in [4.69, 9.17) is 24.3 Å². The number of carbonyl (C=O) groups excluding carboxylic acids is 2. The number of phosphoric ester groups is 1. The lowest BCUT2D eigenvalue weighted by Crippen LogP contribution is -2.29. The molecule has 0 rings (SSSR count). The highest BCUT2D eigenvalue weighted by Gasteiger charge is 2.26. The van der Waals surface area contributed by atoms with Crippen LogP contribution in [0, 0.1) is 0 Å². The van der Waals surface area contributed by atoms with E-state index in [9.17, 15) is 19.0 Å². The lowest BCUT2D eigenvalue weighted by Gasteiger charge is -2.19. The molecule has 0 spiro atoms. The zero-order valence-corrected chi connectivity index (χ0v) is 60.6. The Morgan fingerprint density at radius 1 is 0.337 bits per heavy atom. The van der Waals surface area contributed by atoms with Gasteiger partial charge in [-0.05, 0) is 44.9 Å². The van der Waals surface area contributed by atoms with Gasteiger partial charge in [0.25, 0.3) is 0 Å². The third-order valence-electron chi connectivity index (χ3n) is 18.3. The molecular weight excluding hydrogens is 1120 g/mol. The van der Waals surface area contributed by atoms with E-state index < -0.39 is 26.5 Å². The van der Waals surface area contributed by atoms with Crippen LogP contribution in [-0.2, 0) is 32.7 Å². The van der Waals surface area contributed by atoms with Crippen molar-refractivity contribution in [3.63, 3.8) is 0 Å². The smallest absolute Gasteiger partial charge is 0.462 e. The van der Waals surface area contributed by atoms with Crippen molar-refractivity contribution in [3.05, 3.63) is 24.3 Å². The Morgan fingerprint density at radius 2 is 0.584 bits per heavy atom. The van der Waals surface area contributed by atoms with Crippen molar-refractivity contribution in [3.8, 4) is 0 Å². The molecule has 2 unspecified atom stereocenters. The molecule has 0 fully saturated rings. The minimum absolute atomic E-state index is 0.0569. The highest BCUT2D eigenvalue weighted by atomic mass is 31.2. The van der Waals surface area contributed by atoms with Crippen LogP contribution in [0.25, 0.3) is 0 Å². The Hall–Kier alpha value is -1.51. The van der Waals surface area contributed by atoms with Crippen molar-refractivity contribution in [1.82, 2.24) is 0 Å². The molecule has 0 saturated heterocycles. The van der Waals surface area contributed by atoms with Crippen molar-refractivity contribution < 1.29 is 37.6 Å². The topological polar surface area (TPSA) is 134 Å². The highest BCUT2D eigenvalue weighted by Crippen LogP contribution is 2.43. The van der Waals surface area contributed by atoms with Crippen molar-refractivity contribution >= 4 is 19.8 Å². The van der Waals surface area contributed by atoms with E-state index >= 15 is 0 Å². The average molecular weight is 1280 g/mol. The van der Waals surface area contributed by atoms with Gasteiger partial charge in [-0.2, -0.15) is 0 Å². The second kappa shape index (κ2) is 75.5. The van der Waals surface area contributed by atoms with E-state index in [1.54, 1.807) is 0 Å². The van der Waals surface area contributed by atoms with Crippen LogP contribution in [0.1, 0.15) is 438 Å². The Morgan fingerprint density at radius 3 is 0.854 bits per heavy atom. The molecule has 0 bridgehead atoms. The standard InChI is InChI=1S/C79H154NO8P/c1-3-5-7-9-11-13-15-17-19-21-23-25-27-29-31-33-34-35-36-37-38-39-40-41-42-44-45-47-49-51-53-55-57-59-61-63-65-67-69-71-78(81)85-75-77(76-87-89(83,84)86-74-73-80)88-79(82)72-70-68-66-64-62-60-58-56-54-52-50-48-46-43-32-30-28-26-24-22-20-18-16-14-12-10-8-6-4-2/h16,18,22,24,77H,3-15,17,19-21,23,25-76,80H2,1-2H3,(H,83,84)/b18-16-,24-22-. The summed E-state index contributed by atoms with van der Waals surface area (Å²) in [7, 11) is -4.39. The Bertz CT molecular complexity index is 1510. The summed E-state index contributed by atoms with van der Waals surface area (Å²) < 4.78 is 33.3. The minimum Gasteiger partial charge on any atom is -0.462 e. The largest absolute Gasteiger partial charge is 0.472 e. The van der Waals surface area contributed by atoms with Crippen molar-refractivity contribution in [2.75, 3.05) is 26.4 Å². The summed E-state index contributed by atoms with van der Waals surface area (Å²) in [5.74, 6) is -0.800. The summed E-state index contributed by atoms with van der Waals surface area (Å²) in [6, 6.07) is 0. The molecular formula is C79H154NO8P. The molecule has 3 N–H and O–H groups in total. The van der Waals surface area contributed by atoms with Crippen LogP contribution in [-0.4, -0.2) is 49.3 Å². The van der Waals surface area contributed by atoms with Gasteiger partial charge < -0.3 is 20.1 Å². The van der Waals surface area contributed by atoms with Gasteiger partial charge in [-0.3, -0.25) is 18.6 Å². The van der Waals surface area contributed by atoms with Crippen LogP contribution in [0.5, 0.6) is 0 Å². The first-order valence-electron chi connectivity index (χ1n) is 39.8. The Labute approximate surface area is 554 Å². The fraction of sp³-hybridized carbons (Fsp3) is 0.924. The summed E-state index contributed by atoms with van der Waals surface area (Å²) in [5, 5.41) is 0. The van der Waals surface area contributed by atoms with Gasteiger partial charge in [0.1, 0.15) is 6.61 Å². The molecule has 0 aromatic heterocycles. The van der Waals surface area contributed by atoms with Gasteiger partial charge in [-0.1, -0.05) is 404 Å². The minimum atomic E-state index is -4.39. The number of hydrogen-bond acceptors (Lipinski definition) is 8. The van der Waals surface area contributed by atoms with Crippen LogP contribution in [0.3, 0.4) is 0 Å². The third-order valence-corrected chi connectivity index (χ3v) is 19.3. The maximum Gasteiger partial charge on any atom is 0.472 e. The third kappa shape index (κ3) is 75.4. The summed E-state index contributed by atoms with van der Waals surface area (Å²) in [6.45, 7) is 3.83. The molecule has 0 aliphatic rings. The summed E-state index contributed by atoms with van der Waals surface area (Å²) in [4.78, 5) is 35.4. The molecule has 0 aliphatic heterocycles. The number of phosphoric acid groups is 1. The van der Waals surface area contributed by atoms with Gasteiger partial charge in [0.15, 0.2) is 6.10 Å². The Kier molecular flexibility index (Phi) is 74.2. The van der Waals surface area contributed by atoms with Crippen molar-refractivity contribution in [1.29, 1.82) is 0 Å². The van der Waals surface area contributed by atoms with Gasteiger partial charge in [0.2, 0.25) is 0 Å². The first-order chi connectivity index (χ1) is 43.8. The van der Waals surface area contributed by atoms with Gasteiger partial charge >= 0.3 is 19.8 Å². The highest BCUT2D eigenvalue weighted by molar-refractivity contribution is 7.47. The maximum absolute atomic E-state index is 12.8. The van der Waals surface area contributed by atoms with Crippen molar-refractivity contribution in [2.24, 2.45) is 5.73 Å². The zero-order valence-electron chi connectivity index (χ0n) is 59.7. The van der Waals surface area contributed by atoms with Gasteiger partial charge in [-0.25, -0.2) is 4.57 Å². The number of hydrogen-bond donors (Lipinski definition) is 2. The molecule has 89 heavy (non-hydrogen) atoms. The molecule has 528 valence electrons. The molecule has 0 saturated carbocycles. The quantitative estimate of drug-likeness (QED) is 0.0264. The first kappa shape index (κ1) is 87.5. The number of allylic oxidation sites excluding steroid dienone is 4. The van der Waals surface area contributed by atoms with Gasteiger partial charge in [-0.15, -0.1) is 0 Å². The van der Waals surface area contributed by atoms with Crippen molar-refractivity contribution in [2.45, 2.75) is 444 Å². The normalized spacial score (nSPS) is 12.9.